The van der Waals surface area contributed by atoms with Crippen molar-refractivity contribution in [3.05, 3.63) is 29.8 Å². The first-order chi connectivity index (χ1) is 5.83. The van der Waals surface area contributed by atoms with Crippen LogP contribution in [0.4, 0.5) is 5.82 Å². The predicted octanol–water partition coefficient (Wildman–Crippen LogP) is 1.62. The number of fused-ring (bicyclic) bond motifs is 1. The molecule has 0 radical (unpaired) electrons. The van der Waals surface area contributed by atoms with Crippen LogP contribution in [0.1, 0.15) is 5.56 Å². The third-order valence-electron chi connectivity index (χ3n) is 1.85. The number of benzene rings is 1. The summed E-state index contributed by atoms with van der Waals surface area (Å²) in [7, 11) is 0. The number of hydrogen-bond acceptors (Lipinski definition) is 2. The lowest BCUT2D eigenvalue weighted by molar-refractivity contribution is 1.45. The van der Waals surface area contributed by atoms with Crippen LogP contribution in [0.3, 0.4) is 0 Å². The molecule has 0 spiro atoms. The van der Waals surface area contributed by atoms with Crippen LogP contribution < -0.4 is 5.73 Å². The maximum absolute atomic E-state index is 8.76. The van der Waals surface area contributed by atoms with Crippen molar-refractivity contribution >= 4 is 16.7 Å². The Balaban J connectivity index is 2.93. The van der Waals surface area contributed by atoms with Crippen LogP contribution in [0.2, 0.25) is 0 Å². The first kappa shape index (κ1) is 6.74. The van der Waals surface area contributed by atoms with E-state index < -0.39 is 0 Å². The molecular formula is C9H7N3. The Bertz CT molecular complexity index is 462. The second kappa shape index (κ2) is 2.28. The molecule has 1 aromatic carbocycles. The molecule has 0 saturated heterocycles. The van der Waals surface area contributed by atoms with Gasteiger partial charge in [-0.2, -0.15) is 5.26 Å². The largest absolute Gasteiger partial charge is 0.384 e. The second-order valence-electron chi connectivity index (χ2n) is 2.57. The van der Waals surface area contributed by atoms with Crippen molar-refractivity contribution in [2.75, 3.05) is 5.73 Å². The third-order valence-corrected chi connectivity index (χ3v) is 1.85. The molecular weight excluding hydrogens is 150 g/mol. The van der Waals surface area contributed by atoms with E-state index in [1.165, 1.54) is 0 Å². The monoisotopic (exact) mass is 157 g/mol. The molecule has 3 heteroatoms. The fourth-order valence-corrected chi connectivity index (χ4v) is 1.28. The van der Waals surface area contributed by atoms with Gasteiger partial charge in [0.2, 0.25) is 0 Å². The highest BCUT2D eigenvalue weighted by Gasteiger charge is 2.05. The Hall–Kier alpha value is -1.95. The van der Waals surface area contributed by atoms with Gasteiger partial charge in [-0.05, 0) is 6.07 Å². The van der Waals surface area contributed by atoms with E-state index >= 15 is 0 Å². The van der Waals surface area contributed by atoms with Crippen LogP contribution in [0, 0.1) is 11.3 Å². The SMILES string of the molecule is N#Cc1c(N)[nH]c2ccccc12. The van der Waals surface area contributed by atoms with Gasteiger partial charge >= 0.3 is 0 Å². The summed E-state index contributed by atoms with van der Waals surface area (Å²) in [5, 5.41) is 9.64. The molecule has 0 bridgehead atoms. The number of nitrogens with zero attached hydrogens (tertiary/aromatic N) is 1. The van der Waals surface area contributed by atoms with E-state index in [1.807, 2.05) is 24.3 Å². The topological polar surface area (TPSA) is 65.6 Å². The predicted molar refractivity (Wildman–Crippen MR) is 47.4 cm³/mol. The van der Waals surface area contributed by atoms with E-state index in [2.05, 4.69) is 11.1 Å². The van der Waals surface area contributed by atoms with E-state index in [0.29, 0.717) is 11.4 Å². The highest BCUT2D eigenvalue weighted by Crippen LogP contribution is 2.22. The zero-order valence-electron chi connectivity index (χ0n) is 6.33. The van der Waals surface area contributed by atoms with E-state index in [9.17, 15) is 0 Å². The fourth-order valence-electron chi connectivity index (χ4n) is 1.28. The summed E-state index contributed by atoms with van der Waals surface area (Å²) in [5.74, 6) is 0.443. The van der Waals surface area contributed by atoms with Crippen molar-refractivity contribution in [3.63, 3.8) is 0 Å². The number of hydrogen-bond donors (Lipinski definition) is 2. The first-order valence-electron chi connectivity index (χ1n) is 3.59. The van der Waals surface area contributed by atoms with E-state index in [1.54, 1.807) is 0 Å². The summed E-state index contributed by atoms with van der Waals surface area (Å²) in [6.45, 7) is 0. The smallest absolute Gasteiger partial charge is 0.119 e. The molecule has 2 rings (SSSR count). The van der Waals surface area contributed by atoms with Gasteiger partial charge in [-0.1, -0.05) is 18.2 Å². The van der Waals surface area contributed by atoms with Gasteiger partial charge in [0.25, 0.3) is 0 Å². The molecule has 2 aromatic rings. The zero-order chi connectivity index (χ0) is 8.55. The lowest BCUT2D eigenvalue weighted by Crippen LogP contribution is -1.85. The average molecular weight is 157 g/mol. The molecule has 0 aliphatic carbocycles. The van der Waals surface area contributed by atoms with Crippen molar-refractivity contribution in [1.29, 1.82) is 5.26 Å². The molecule has 0 aliphatic heterocycles. The Morgan fingerprint density at radius 2 is 2.08 bits per heavy atom. The molecule has 3 nitrogen and oxygen atoms in total. The first-order valence-corrected chi connectivity index (χ1v) is 3.59. The average Bonchev–Trinajstić information content (AvgIpc) is 2.40. The van der Waals surface area contributed by atoms with E-state index in [-0.39, 0.29) is 0 Å². The van der Waals surface area contributed by atoms with Crippen LogP contribution in [0.15, 0.2) is 24.3 Å². The quantitative estimate of drug-likeness (QED) is 0.610. The van der Waals surface area contributed by atoms with Crippen LogP contribution in [0.25, 0.3) is 10.9 Å². The maximum Gasteiger partial charge on any atom is 0.119 e. The summed E-state index contributed by atoms with van der Waals surface area (Å²) in [6.07, 6.45) is 0. The molecule has 0 saturated carbocycles. The van der Waals surface area contributed by atoms with Gasteiger partial charge in [-0.25, -0.2) is 0 Å². The molecule has 0 aliphatic rings. The number of nitrogens with one attached hydrogen (secondary N) is 1. The van der Waals surface area contributed by atoms with Crippen LogP contribution in [-0.2, 0) is 0 Å². The van der Waals surface area contributed by atoms with E-state index in [4.69, 9.17) is 11.0 Å². The van der Waals surface area contributed by atoms with Gasteiger partial charge < -0.3 is 10.7 Å². The van der Waals surface area contributed by atoms with E-state index in [0.717, 1.165) is 10.9 Å². The molecule has 1 heterocycles. The third kappa shape index (κ3) is 0.753. The molecule has 12 heavy (non-hydrogen) atoms. The summed E-state index contributed by atoms with van der Waals surface area (Å²) in [6, 6.07) is 9.62. The van der Waals surface area contributed by atoms with Crippen LogP contribution >= 0.6 is 0 Å². The highest BCUT2D eigenvalue weighted by molar-refractivity contribution is 5.90. The van der Waals surface area contributed by atoms with Crippen LogP contribution in [0.5, 0.6) is 0 Å². The van der Waals surface area contributed by atoms with Gasteiger partial charge in [0.1, 0.15) is 17.5 Å². The van der Waals surface area contributed by atoms with Crippen molar-refractivity contribution < 1.29 is 0 Å². The zero-order valence-corrected chi connectivity index (χ0v) is 6.33. The standard InChI is InChI=1S/C9H7N3/c10-5-7-6-3-1-2-4-8(6)12-9(7)11/h1-4,12H,11H2. The minimum Gasteiger partial charge on any atom is -0.384 e. The van der Waals surface area contributed by atoms with Crippen molar-refractivity contribution in [2.24, 2.45) is 0 Å². The minimum absolute atomic E-state index is 0.443. The molecule has 0 unspecified atom stereocenters. The number of aromatic nitrogens is 1. The Morgan fingerprint density at radius 3 is 2.83 bits per heavy atom. The number of anilines is 1. The number of aromatic amines is 1. The molecule has 0 amide bonds. The number of nitrogens with two attached hydrogens (primary N) is 1. The van der Waals surface area contributed by atoms with Gasteiger partial charge in [0.05, 0.1) is 0 Å². The number of para-hydroxylation sites is 1. The lowest BCUT2D eigenvalue weighted by Gasteiger charge is -1.85. The summed E-state index contributed by atoms with van der Waals surface area (Å²) >= 11 is 0. The molecule has 58 valence electrons. The van der Waals surface area contributed by atoms with Crippen molar-refractivity contribution in [2.45, 2.75) is 0 Å². The van der Waals surface area contributed by atoms with Gasteiger partial charge in [-0.15, -0.1) is 0 Å². The minimum atomic E-state index is 0.443. The molecule has 3 N–H and O–H groups in total. The van der Waals surface area contributed by atoms with Gasteiger partial charge in [0.15, 0.2) is 0 Å². The van der Waals surface area contributed by atoms with Gasteiger partial charge in [-0.3, -0.25) is 0 Å². The fraction of sp³-hybridized carbons (Fsp3) is 0. The highest BCUT2D eigenvalue weighted by atomic mass is 14.8. The summed E-state index contributed by atoms with van der Waals surface area (Å²) in [4.78, 5) is 2.93. The van der Waals surface area contributed by atoms with Crippen LogP contribution in [-0.4, -0.2) is 4.98 Å². The summed E-state index contributed by atoms with van der Waals surface area (Å²) < 4.78 is 0. The Labute approximate surface area is 69.4 Å². The number of nitrogen functional groups attached to an aromatic ring is 1. The number of nitriles is 1. The van der Waals surface area contributed by atoms with Crippen molar-refractivity contribution in [3.8, 4) is 6.07 Å². The second-order valence-corrected chi connectivity index (χ2v) is 2.57. The Morgan fingerprint density at radius 1 is 1.33 bits per heavy atom. The van der Waals surface area contributed by atoms with Crippen molar-refractivity contribution in [1.82, 2.24) is 4.98 Å². The molecule has 0 atom stereocenters. The molecule has 1 aromatic heterocycles. The Kier molecular flexibility index (Phi) is 1.28. The normalized spacial score (nSPS) is 9.92. The molecule has 0 fully saturated rings. The lowest BCUT2D eigenvalue weighted by atomic mass is 10.2. The maximum atomic E-state index is 8.76. The van der Waals surface area contributed by atoms with Gasteiger partial charge in [0, 0.05) is 10.9 Å². The summed E-state index contributed by atoms with van der Waals surface area (Å²) in [5.41, 5.74) is 7.03. The number of rotatable bonds is 0. The number of H-pyrrole nitrogens is 1.